The minimum Gasteiger partial charge on any atom is -0.117 e. The first kappa shape index (κ1) is 13.7. The Kier molecular flexibility index (Phi) is 4.02. The zero-order valence-electron chi connectivity index (χ0n) is 10.2. The molecular weight excluding hydrogens is 387 g/mol. The lowest BCUT2D eigenvalue weighted by atomic mass is 10.0. The van der Waals surface area contributed by atoms with E-state index in [-0.39, 0.29) is 5.38 Å². The van der Waals surface area contributed by atoms with E-state index in [0.29, 0.717) is 11.8 Å². The summed E-state index contributed by atoms with van der Waals surface area (Å²) in [5, 5.41) is 0.0667. The van der Waals surface area contributed by atoms with Crippen LogP contribution in [-0.4, -0.2) is 0 Å². The Morgan fingerprint density at radius 2 is 1.79 bits per heavy atom. The third kappa shape index (κ3) is 2.91. The monoisotopic (exact) mass is 398 g/mol. The van der Waals surface area contributed by atoms with Crippen LogP contribution in [0.15, 0.2) is 57.5 Å². The van der Waals surface area contributed by atoms with Crippen molar-refractivity contribution in [3.05, 3.63) is 68.6 Å². The molecule has 2 aromatic carbocycles. The molecule has 3 atom stereocenters. The molecular formula is C16H13Br2Cl. The maximum absolute atomic E-state index is 6.67. The zero-order valence-corrected chi connectivity index (χ0v) is 14.1. The number of hydrogen-bond donors (Lipinski definition) is 0. The molecule has 0 amide bonds. The van der Waals surface area contributed by atoms with Crippen LogP contribution < -0.4 is 0 Å². The predicted molar refractivity (Wildman–Crippen MR) is 87.7 cm³/mol. The molecule has 1 fully saturated rings. The Balaban J connectivity index is 1.80. The summed E-state index contributed by atoms with van der Waals surface area (Å²) in [4.78, 5) is 0. The van der Waals surface area contributed by atoms with Crippen LogP contribution in [0.1, 0.15) is 28.8 Å². The number of alkyl halides is 1. The molecule has 0 nitrogen and oxygen atoms in total. The molecule has 2 aromatic rings. The first-order valence-electron chi connectivity index (χ1n) is 6.31. The zero-order chi connectivity index (χ0) is 13.4. The SMILES string of the molecule is ClC(c1cc(Br)ccc1Br)C1CC1c1ccccc1. The van der Waals surface area contributed by atoms with Gasteiger partial charge in [-0.3, -0.25) is 0 Å². The van der Waals surface area contributed by atoms with Crippen LogP contribution in [0.5, 0.6) is 0 Å². The van der Waals surface area contributed by atoms with Crippen molar-refractivity contribution < 1.29 is 0 Å². The van der Waals surface area contributed by atoms with Crippen molar-refractivity contribution in [2.24, 2.45) is 5.92 Å². The fourth-order valence-electron chi connectivity index (χ4n) is 2.58. The van der Waals surface area contributed by atoms with E-state index in [1.807, 2.05) is 6.07 Å². The molecule has 3 heteroatoms. The molecule has 0 saturated heterocycles. The molecule has 3 rings (SSSR count). The van der Waals surface area contributed by atoms with E-state index < -0.39 is 0 Å². The first-order chi connectivity index (χ1) is 9.16. The van der Waals surface area contributed by atoms with E-state index in [1.54, 1.807) is 0 Å². The molecule has 0 heterocycles. The number of rotatable bonds is 3. The fourth-order valence-corrected chi connectivity index (χ4v) is 4.04. The lowest BCUT2D eigenvalue weighted by Crippen LogP contribution is -1.96. The normalized spacial score (nSPS) is 23.1. The van der Waals surface area contributed by atoms with Crippen molar-refractivity contribution in [2.75, 3.05) is 0 Å². The van der Waals surface area contributed by atoms with Crippen molar-refractivity contribution in [1.82, 2.24) is 0 Å². The average Bonchev–Trinajstić information content (AvgIpc) is 3.22. The largest absolute Gasteiger partial charge is 0.117 e. The van der Waals surface area contributed by atoms with Crippen LogP contribution in [0.3, 0.4) is 0 Å². The standard InChI is InChI=1S/C16H13Br2Cl/c17-11-6-7-15(18)14(8-11)16(19)13-9-12(13)10-4-2-1-3-5-10/h1-8,12-13,16H,9H2. The van der Waals surface area contributed by atoms with Crippen LogP contribution in [-0.2, 0) is 0 Å². The van der Waals surface area contributed by atoms with Gasteiger partial charge in [0.2, 0.25) is 0 Å². The van der Waals surface area contributed by atoms with Crippen molar-refractivity contribution in [3.63, 3.8) is 0 Å². The molecule has 0 radical (unpaired) electrons. The third-order valence-corrected chi connectivity index (χ3v) is 5.47. The molecule has 19 heavy (non-hydrogen) atoms. The van der Waals surface area contributed by atoms with Crippen LogP contribution in [0.2, 0.25) is 0 Å². The highest BCUT2D eigenvalue weighted by atomic mass is 79.9. The summed E-state index contributed by atoms with van der Waals surface area (Å²) >= 11 is 13.8. The third-order valence-electron chi connectivity index (χ3n) is 3.70. The Hall–Kier alpha value is -0.310. The molecule has 1 aliphatic carbocycles. The maximum Gasteiger partial charge on any atom is 0.0630 e. The summed E-state index contributed by atoms with van der Waals surface area (Å²) in [6.07, 6.45) is 1.18. The summed E-state index contributed by atoms with van der Waals surface area (Å²) in [5.74, 6) is 1.14. The molecule has 1 saturated carbocycles. The van der Waals surface area contributed by atoms with Crippen molar-refractivity contribution in [3.8, 4) is 0 Å². The van der Waals surface area contributed by atoms with Gasteiger partial charge in [-0.2, -0.15) is 0 Å². The summed E-state index contributed by atoms with van der Waals surface area (Å²) in [7, 11) is 0. The van der Waals surface area contributed by atoms with Gasteiger partial charge in [-0.15, -0.1) is 11.6 Å². The van der Waals surface area contributed by atoms with E-state index in [2.05, 4.69) is 74.3 Å². The van der Waals surface area contributed by atoms with E-state index in [1.165, 1.54) is 17.5 Å². The molecule has 98 valence electrons. The minimum atomic E-state index is 0.0667. The fraction of sp³-hybridized carbons (Fsp3) is 0.250. The Morgan fingerprint density at radius 3 is 2.53 bits per heavy atom. The van der Waals surface area contributed by atoms with Gasteiger partial charge in [0, 0.05) is 8.95 Å². The molecule has 0 spiro atoms. The molecule has 0 aliphatic heterocycles. The second kappa shape index (κ2) is 5.59. The van der Waals surface area contributed by atoms with Crippen LogP contribution in [0, 0.1) is 5.92 Å². The van der Waals surface area contributed by atoms with Gasteiger partial charge in [0.1, 0.15) is 0 Å². The number of hydrogen-bond acceptors (Lipinski definition) is 0. The van der Waals surface area contributed by atoms with Gasteiger partial charge in [0.05, 0.1) is 5.38 Å². The van der Waals surface area contributed by atoms with E-state index in [0.717, 1.165) is 8.95 Å². The summed E-state index contributed by atoms with van der Waals surface area (Å²) < 4.78 is 2.17. The quantitative estimate of drug-likeness (QED) is 0.531. The smallest absolute Gasteiger partial charge is 0.0630 e. The number of halogens is 3. The molecule has 0 bridgehead atoms. The molecule has 0 N–H and O–H groups in total. The van der Waals surface area contributed by atoms with Crippen molar-refractivity contribution >= 4 is 43.5 Å². The highest BCUT2D eigenvalue weighted by Gasteiger charge is 2.44. The van der Waals surface area contributed by atoms with Gasteiger partial charge in [0.25, 0.3) is 0 Å². The average molecular weight is 401 g/mol. The van der Waals surface area contributed by atoms with Gasteiger partial charge in [-0.1, -0.05) is 62.2 Å². The topological polar surface area (TPSA) is 0 Å². The molecule has 1 aliphatic rings. The molecule has 3 unspecified atom stereocenters. The second-order valence-electron chi connectivity index (χ2n) is 4.98. The summed E-state index contributed by atoms with van der Waals surface area (Å²) in [6.45, 7) is 0. The Bertz CT molecular complexity index is 583. The van der Waals surface area contributed by atoms with Gasteiger partial charge in [-0.05, 0) is 47.6 Å². The van der Waals surface area contributed by atoms with Gasteiger partial charge >= 0.3 is 0 Å². The van der Waals surface area contributed by atoms with Crippen LogP contribution >= 0.6 is 43.5 Å². The second-order valence-corrected chi connectivity index (χ2v) is 7.22. The van der Waals surface area contributed by atoms with Gasteiger partial charge in [0.15, 0.2) is 0 Å². The van der Waals surface area contributed by atoms with Crippen molar-refractivity contribution in [1.29, 1.82) is 0 Å². The van der Waals surface area contributed by atoms with Gasteiger partial charge < -0.3 is 0 Å². The summed E-state index contributed by atoms with van der Waals surface area (Å²) in [5.41, 5.74) is 2.59. The Morgan fingerprint density at radius 1 is 1.05 bits per heavy atom. The maximum atomic E-state index is 6.67. The molecule has 0 aromatic heterocycles. The van der Waals surface area contributed by atoms with Crippen LogP contribution in [0.25, 0.3) is 0 Å². The minimum absolute atomic E-state index is 0.0667. The lowest BCUT2D eigenvalue weighted by molar-refractivity contribution is 0.761. The highest BCUT2D eigenvalue weighted by molar-refractivity contribution is 9.11. The van der Waals surface area contributed by atoms with E-state index in [9.17, 15) is 0 Å². The first-order valence-corrected chi connectivity index (χ1v) is 8.33. The van der Waals surface area contributed by atoms with Crippen molar-refractivity contribution in [2.45, 2.75) is 17.7 Å². The van der Waals surface area contributed by atoms with Crippen LogP contribution in [0.4, 0.5) is 0 Å². The predicted octanol–water partition coefficient (Wildman–Crippen LogP) is 6.30. The van der Waals surface area contributed by atoms with Gasteiger partial charge in [-0.25, -0.2) is 0 Å². The number of benzene rings is 2. The van der Waals surface area contributed by atoms with E-state index >= 15 is 0 Å². The Labute approximate surface area is 135 Å². The van der Waals surface area contributed by atoms with E-state index in [4.69, 9.17) is 11.6 Å². The lowest BCUT2D eigenvalue weighted by Gasteiger charge is -2.12. The highest BCUT2D eigenvalue weighted by Crippen LogP contribution is 2.57. The summed E-state index contributed by atoms with van der Waals surface area (Å²) in [6, 6.07) is 16.8.